The van der Waals surface area contributed by atoms with Crippen molar-refractivity contribution in [3.05, 3.63) is 51.5 Å². The van der Waals surface area contributed by atoms with Crippen molar-refractivity contribution in [3.8, 4) is 0 Å². The van der Waals surface area contributed by atoms with Gasteiger partial charge in [0.25, 0.3) is 0 Å². The van der Waals surface area contributed by atoms with Crippen LogP contribution in [0.5, 0.6) is 0 Å². The molecule has 1 aliphatic carbocycles. The van der Waals surface area contributed by atoms with Crippen molar-refractivity contribution in [2.24, 2.45) is 5.41 Å². The van der Waals surface area contributed by atoms with Crippen LogP contribution in [0.2, 0.25) is 0 Å². The standard InChI is InChI=1S/C22H27N3OS/c1-6-22(14-8-7-9-15(10-14)25(4)5)18-16(11-21(2,3)12-17(18)26)24-20-19(22)27-13-23-20/h7-10,13,24H,6,11-12H2,1-5H3. The summed E-state index contributed by atoms with van der Waals surface area (Å²) in [5.41, 5.74) is 5.80. The minimum absolute atomic E-state index is 0.0264. The zero-order valence-electron chi connectivity index (χ0n) is 16.7. The van der Waals surface area contributed by atoms with Gasteiger partial charge in [-0.05, 0) is 36.0 Å². The van der Waals surface area contributed by atoms with E-state index in [1.54, 1.807) is 11.3 Å². The largest absolute Gasteiger partial charge is 0.378 e. The molecule has 4 rings (SSSR count). The van der Waals surface area contributed by atoms with Gasteiger partial charge in [0, 0.05) is 37.5 Å². The molecule has 0 radical (unpaired) electrons. The number of thiazole rings is 1. The number of carbonyl (C=O) groups is 1. The SMILES string of the molecule is CCC1(c2cccc(N(C)C)c2)C2=C(CC(C)(C)CC2=O)Nc2ncsc21. The van der Waals surface area contributed by atoms with E-state index < -0.39 is 5.41 Å². The zero-order chi connectivity index (χ0) is 19.4. The van der Waals surface area contributed by atoms with E-state index in [1.807, 2.05) is 5.51 Å². The molecule has 1 aromatic carbocycles. The average Bonchev–Trinajstić information content (AvgIpc) is 3.07. The second kappa shape index (κ2) is 6.20. The van der Waals surface area contributed by atoms with E-state index in [1.165, 1.54) is 5.56 Å². The number of rotatable bonds is 3. The molecule has 0 saturated heterocycles. The van der Waals surface area contributed by atoms with Gasteiger partial charge in [0.05, 0.1) is 15.8 Å². The first-order valence-corrected chi connectivity index (χ1v) is 10.4. The summed E-state index contributed by atoms with van der Waals surface area (Å²) in [6.07, 6.45) is 2.31. The molecule has 0 fully saturated rings. The Morgan fingerprint density at radius 3 is 2.74 bits per heavy atom. The number of ketones is 1. The van der Waals surface area contributed by atoms with Crippen molar-refractivity contribution in [2.75, 3.05) is 24.3 Å². The Morgan fingerprint density at radius 1 is 1.26 bits per heavy atom. The lowest BCUT2D eigenvalue weighted by Crippen LogP contribution is -2.43. The van der Waals surface area contributed by atoms with Gasteiger partial charge in [0.2, 0.25) is 0 Å². The van der Waals surface area contributed by atoms with E-state index in [9.17, 15) is 4.79 Å². The van der Waals surface area contributed by atoms with E-state index in [4.69, 9.17) is 0 Å². The molecule has 1 N–H and O–H groups in total. The van der Waals surface area contributed by atoms with Crippen LogP contribution in [0.1, 0.15) is 50.5 Å². The Labute approximate surface area is 165 Å². The lowest BCUT2D eigenvalue weighted by molar-refractivity contribution is -0.118. The van der Waals surface area contributed by atoms with Crippen LogP contribution in [-0.4, -0.2) is 24.9 Å². The van der Waals surface area contributed by atoms with E-state index in [0.717, 1.165) is 40.5 Å². The summed E-state index contributed by atoms with van der Waals surface area (Å²) in [6, 6.07) is 8.61. The number of Topliss-reactive ketones (excluding diaryl/α,β-unsaturated/α-hetero) is 1. The molecular weight excluding hydrogens is 354 g/mol. The van der Waals surface area contributed by atoms with Crippen molar-refractivity contribution >= 4 is 28.6 Å². The average molecular weight is 382 g/mol. The van der Waals surface area contributed by atoms with Crippen molar-refractivity contribution < 1.29 is 4.79 Å². The van der Waals surface area contributed by atoms with Crippen LogP contribution in [0.25, 0.3) is 0 Å². The van der Waals surface area contributed by atoms with Gasteiger partial charge in [-0.3, -0.25) is 4.79 Å². The fraction of sp³-hybridized carbons (Fsp3) is 0.455. The maximum Gasteiger partial charge on any atom is 0.162 e. The predicted molar refractivity (Wildman–Crippen MR) is 113 cm³/mol. The van der Waals surface area contributed by atoms with Crippen LogP contribution in [0.4, 0.5) is 11.5 Å². The number of nitrogens with zero attached hydrogens (tertiary/aromatic N) is 2. The van der Waals surface area contributed by atoms with Gasteiger partial charge >= 0.3 is 0 Å². The van der Waals surface area contributed by atoms with Crippen LogP contribution >= 0.6 is 11.3 Å². The van der Waals surface area contributed by atoms with Crippen molar-refractivity contribution in [1.29, 1.82) is 0 Å². The second-order valence-corrected chi connectivity index (χ2v) is 9.51. The molecule has 2 aliphatic rings. The Kier molecular flexibility index (Phi) is 4.18. The summed E-state index contributed by atoms with van der Waals surface area (Å²) in [5.74, 6) is 1.19. The van der Waals surface area contributed by atoms with E-state index >= 15 is 0 Å². The van der Waals surface area contributed by atoms with Gasteiger partial charge in [-0.2, -0.15) is 0 Å². The highest BCUT2D eigenvalue weighted by Crippen LogP contribution is 2.55. The molecule has 5 heteroatoms. The van der Waals surface area contributed by atoms with Crippen LogP contribution in [0.3, 0.4) is 0 Å². The summed E-state index contributed by atoms with van der Waals surface area (Å²) < 4.78 is 0. The van der Waals surface area contributed by atoms with Gasteiger partial charge in [0.15, 0.2) is 5.78 Å². The molecule has 0 saturated carbocycles. The molecule has 2 heterocycles. The molecule has 2 aromatic rings. The lowest BCUT2D eigenvalue weighted by atomic mass is 9.62. The Morgan fingerprint density at radius 2 is 2.04 bits per heavy atom. The lowest BCUT2D eigenvalue weighted by Gasteiger charge is -2.44. The van der Waals surface area contributed by atoms with Crippen molar-refractivity contribution in [2.45, 2.75) is 45.4 Å². The van der Waals surface area contributed by atoms with Gasteiger partial charge in [-0.15, -0.1) is 11.3 Å². The molecule has 27 heavy (non-hydrogen) atoms. The topological polar surface area (TPSA) is 45.2 Å². The first-order chi connectivity index (χ1) is 12.8. The third-order valence-electron chi connectivity index (χ3n) is 5.91. The highest BCUT2D eigenvalue weighted by Gasteiger charge is 2.50. The molecule has 1 aliphatic heterocycles. The maximum absolute atomic E-state index is 13.4. The number of nitrogens with one attached hydrogen (secondary N) is 1. The molecular formula is C22H27N3OS. The number of carbonyl (C=O) groups excluding carboxylic acids is 1. The minimum atomic E-state index is -0.420. The fourth-order valence-electron chi connectivity index (χ4n) is 4.68. The number of allylic oxidation sites excluding steroid dienone is 2. The first kappa shape index (κ1) is 18.2. The van der Waals surface area contributed by atoms with Gasteiger partial charge < -0.3 is 10.2 Å². The summed E-state index contributed by atoms with van der Waals surface area (Å²) >= 11 is 1.65. The van der Waals surface area contributed by atoms with E-state index in [0.29, 0.717) is 6.42 Å². The zero-order valence-corrected chi connectivity index (χ0v) is 17.5. The molecule has 1 atom stereocenters. The maximum atomic E-state index is 13.4. The highest BCUT2D eigenvalue weighted by molar-refractivity contribution is 7.10. The van der Waals surface area contributed by atoms with Crippen molar-refractivity contribution in [1.82, 2.24) is 4.98 Å². The number of fused-ring (bicyclic) bond motifs is 1. The van der Waals surface area contributed by atoms with Gasteiger partial charge in [-0.25, -0.2) is 4.98 Å². The Bertz CT molecular complexity index is 941. The number of aromatic nitrogens is 1. The van der Waals surface area contributed by atoms with E-state index in [-0.39, 0.29) is 11.2 Å². The normalized spacial score (nSPS) is 23.5. The number of anilines is 2. The smallest absolute Gasteiger partial charge is 0.162 e. The second-order valence-electron chi connectivity index (χ2n) is 8.65. The molecule has 0 bridgehead atoms. The minimum Gasteiger partial charge on any atom is -0.378 e. The van der Waals surface area contributed by atoms with Crippen LogP contribution in [0, 0.1) is 5.41 Å². The first-order valence-electron chi connectivity index (χ1n) is 9.54. The third-order valence-corrected chi connectivity index (χ3v) is 6.90. The van der Waals surface area contributed by atoms with E-state index in [2.05, 4.69) is 74.3 Å². The number of hydrogen-bond donors (Lipinski definition) is 1. The van der Waals surface area contributed by atoms with Gasteiger partial charge in [-0.1, -0.05) is 32.9 Å². The third kappa shape index (κ3) is 2.71. The predicted octanol–water partition coefficient (Wildman–Crippen LogP) is 4.97. The monoisotopic (exact) mass is 381 g/mol. The van der Waals surface area contributed by atoms with Crippen molar-refractivity contribution in [3.63, 3.8) is 0 Å². The summed E-state index contributed by atoms with van der Waals surface area (Å²) in [7, 11) is 4.11. The molecule has 142 valence electrons. The molecule has 0 spiro atoms. The summed E-state index contributed by atoms with van der Waals surface area (Å²) in [4.78, 5) is 21.3. The quantitative estimate of drug-likeness (QED) is 0.815. The molecule has 1 unspecified atom stereocenters. The number of hydrogen-bond acceptors (Lipinski definition) is 5. The van der Waals surface area contributed by atoms with Crippen LogP contribution < -0.4 is 10.2 Å². The Balaban J connectivity index is 2.01. The molecule has 1 aromatic heterocycles. The highest BCUT2D eigenvalue weighted by atomic mass is 32.1. The summed E-state index contributed by atoms with van der Waals surface area (Å²) in [5, 5.41) is 3.51. The Hall–Kier alpha value is -2.14. The van der Waals surface area contributed by atoms with Gasteiger partial charge in [0.1, 0.15) is 5.82 Å². The molecule has 0 amide bonds. The summed E-state index contributed by atoms with van der Waals surface area (Å²) in [6.45, 7) is 6.54. The fourth-order valence-corrected chi connectivity index (χ4v) is 5.73. The molecule has 4 nitrogen and oxygen atoms in total. The number of benzene rings is 1. The van der Waals surface area contributed by atoms with Crippen LogP contribution in [-0.2, 0) is 10.2 Å². The van der Waals surface area contributed by atoms with Crippen LogP contribution in [0.15, 0.2) is 41.0 Å².